The average molecular weight is 519 g/mol. The summed E-state index contributed by atoms with van der Waals surface area (Å²) < 4.78 is 20.7. The Hall–Kier alpha value is -4.08. The van der Waals surface area contributed by atoms with Crippen molar-refractivity contribution >= 4 is 11.7 Å². The van der Waals surface area contributed by atoms with Crippen molar-refractivity contribution in [3.63, 3.8) is 0 Å². The van der Waals surface area contributed by atoms with Crippen molar-refractivity contribution in [3.05, 3.63) is 60.0 Å². The maximum absolute atomic E-state index is 12.6. The standard InChI is InChI=1S/C28H34N6O4/c1-28(2,3)38-27(35)33-14-11-20(12-15-33)24-16-25(37-18-19-6-8-21(36-5)9-7-19)31-26-22(17-30-34(24)26)23-10-13-29-32(23)4/h6-10,13,16-17,20H,11-12,14-15,18H2,1-5H3. The fraction of sp³-hybridized carbons (Fsp3) is 0.429. The molecule has 0 radical (unpaired) electrons. The molecule has 4 heterocycles. The number of benzene rings is 1. The topological polar surface area (TPSA) is 96.0 Å². The highest BCUT2D eigenvalue weighted by atomic mass is 16.6. The van der Waals surface area contributed by atoms with Crippen LogP contribution in [-0.4, -0.2) is 61.2 Å². The molecule has 1 aliphatic rings. The molecule has 10 nitrogen and oxygen atoms in total. The molecule has 38 heavy (non-hydrogen) atoms. The van der Waals surface area contributed by atoms with E-state index in [-0.39, 0.29) is 12.0 Å². The number of hydrogen-bond donors (Lipinski definition) is 0. The molecule has 0 N–H and O–H groups in total. The molecule has 1 amide bonds. The van der Waals surface area contributed by atoms with Crippen LogP contribution in [0.2, 0.25) is 0 Å². The van der Waals surface area contributed by atoms with Crippen molar-refractivity contribution < 1.29 is 19.0 Å². The van der Waals surface area contributed by atoms with Crippen LogP contribution < -0.4 is 9.47 Å². The summed E-state index contributed by atoms with van der Waals surface area (Å²) in [6.45, 7) is 7.25. The highest BCUT2D eigenvalue weighted by Crippen LogP contribution is 2.33. The minimum atomic E-state index is -0.515. The fourth-order valence-corrected chi connectivity index (χ4v) is 4.71. The van der Waals surface area contributed by atoms with Crippen molar-refractivity contribution in [2.24, 2.45) is 7.05 Å². The van der Waals surface area contributed by atoms with Gasteiger partial charge in [-0.2, -0.15) is 15.2 Å². The minimum Gasteiger partial charge on any atom is -0.497 e. The van der Waals surface area contributed by atoms with Gasteiger partial charge in [0.25, 0.3) is 0 Å². The zero-order chi connectivity index (χ0) is 26.9. The molecule has 1 aliphatic heterocycles. The Morgan fingerprint density at radius 3 is 2.45 bits per heavy atom. The smallest absolute Gasteiger partial charge is 0.410 e. The summed E-state index contributed by atoms with van der Waals surface area (Å²) >= 11 is 0. The number of methoxy groups -OCH3 is 1. The van der Waals surface area contributed by atoms with Gasteiger partial charge in [0.05, 0.1) is 30.3 Å². The second kappa shape index (κ2) is 10.4. The average Bonchev–Trinajstić information content (AvgIpc) is 3.52. The van der Waals surface area contributed by atoms with E-state index in [1.165, 1.54) is 0 Å². The predicted octanol–water partition coefficient (Wildman–Crippen LogP) is 4.83. The summed E-state index contributed by atoms with van der Waals surface area (Å²) in [5, 5.41) is 9.03. The Kier molecular flexibility index (Phi) is 6.96. The quantitative estimate of drug-likeness (QED) is 0.361. The van der Waals surface area contributed by atoms with Crippen molar-refractivity contribution in [2.75, 3.05) is 20.2 Å². The number of piperidine rings is 1. The predicted molar refractivity (Wildman–Crippen MR) is 142 cm³/mol. The van der Waals surface area contributed by atoms with Crippen molar-refractivity contribution in [3.8, 4) is 22.9 Å². The molecule has 3 aromatic heterocycles. The number of aromatic nitrogens is 5. The van der Waals surface area contributed by atoms with Crippen LogP contribution in [-0.2, 0) is 18.4 Å². The van der Waals surface area contributed by atoms with Gasteiger partial charge in [-0.1, -0.05) is 12.1 Å². The summed E-state index contributed by atoms with van der Waals surface area (Å²) in [5.41, 5.74) is 4.03. The number of nitrogens with zero attached hydrogens (tertiary/aromatic N) is 6. The van der Waals surface area contributed by atoms with E-state index in [0.29, 0.717) is 31.2 Å². The number of amides is 1. The van der Waals surface area contributed by atoms with Gasteiger partial charge in [0.15, 0.2) is 5.65 Å². The number of fused-ring (bicyclic) bond motifs is 1. The molecule has 4 aromatic rings. The molecule has 0 aliphatic carbocycles. The first-order chi connectivity index (χ1) is 18.2. The number of carbonyl (C=O) groups excluding carboxylic acids is 1. The summed E-state index contributed by atoms with van der Waals surface area (Å²) in [6.07, 6.45) is 4.90. The zero-order valence-electron chi connectivity index (χ0n) is 22.5. The second-order valence-electron chi connectivity index (χ2n) is 10.5. The third-order valence-corrected chi connectivity index (χ3v) is 6.68. The third-order valence-electron chi connectivity index (χ3n) is 6.68. The van der Waals surface area contributed by atoms with Crippen LogP contribution in [0.5, 0.6) is 11.6 Å². The van der Waals surface area contributed by atoms with Crippen LogP contribution in [0.4, 0.5) is 4.79 Å². The van der Waals surface area contributed by atoms with Crippen molar-refractivity contribution in [1.29, 1.82) is 0 Å². The number of hydrogen-bond acceptors (Lipinski definition) is 7. The Balaban J connectivity index is 1.43. The summed E-state index contributed by atoms with van der Waals surface area (Å²) in [4.78, 5) is 19.2. The van der Waals surface area contributed by atoms with Gasteiger partial charge < -0.3 is 19.1 Å². The molecule has 0 spiro atoms. The van der Waals surface area contributed by atoms with Gasteiger partial charge in [-0.25, -0.2) is 9.31 Å². The molecular weight excluding hydrogens is 484 g/mol. The van der Waals surface area contributed by atoms with E-state index in [2.05, 4.69) is 5.10 Å². The number of likely N-dealkylation sites (tertiary alicyclic amines) is 1. The molecular formula is C28H34N6O4. The molecule has 10 heteroatoms. The second-order valence-corrected chi connectivity index (χ2v) is 10.5. The maximum atomic E-state index is 12.6. The normalized spacial score (nSPS) is 14.6. The SMILES string of the molecule is COc1ccc(COc2cc(C3CCN(C(=O)OC(C)(C)C)CC3)n3ncc(-c4ccnn4C)c3n2)cc1. The molecule has 1 aromatic carbocycles. The van der Waals surface area contributed by atoms with Crippen LogP contribution in [0.25, 0.3) is 16.9 Å². The number of carbonyl (C=O) groups is 1. The van der Waals surface area contributed by atoms with Gasteiger partial charge in [0, 0.05) is 38.3 Å². The number of rotatable bonds is 6. The van der Waals surface area contributed by atoms with E-state index in [1.54, 1.807) is 18.2 Å². The molecule has 0 atom stereocenters. The van der Waals surface area contributed by atoms with Crippen LogP contribution in [0.15, 0.2) is 48.8 Å². The van der Waals surface area contributed by atoms with E-state index in [0.717, 1.165) is 41.1 Å². The summed E-state index contributed by atoms with van der Waals surface area (Å²) in [5.74, 6) is 1.51. The van der Waals surface area contributed by atoms with E-state index < -0.39 is 5.60 Å². The lowest BCUT2D eigenvalue weighted by Gasteiger charge is -2.33. The van der Waals surface area contributed by atoms with Gasteiger partial charge in [-0.05, 0) is 57.4 Å². The van der Waals surface area contributed by atoms with Crippen LogP contribution in [0.3, 0.4) is 0 Å². The lowest BCUT2D eigenvalue weighted by atomic mass is 9.93. The highest BCUT2D eigenvalue weighted by Gasteiger charge is 2.29. The van der Waals surface area contributed by atoms with Crippen LogP contribution >= 0.6 is 0 Å². The van der Waals surface area contributed by atoms with Gasteiger partial charge in [0.1, 0.15) is 18.0 Å². The van der Waals surface area contributed by atoms with Gasteiger partial charge in [-0.15, -0.1) is 0 Å². The fourth-order valence-electron chi connectivity index (χ4n) is 4.71. The molecule has 0 bridgehead atoms. The van der Waals surface area contributed by atoms with E-state index in [9.17, 15) is 4.79 Å². The Morgan fingerprint density at radius 1 is 1.08 bits per heavy atom. The zero-order valence-corrected chi connectivity index (χ0v) is 22.5. The highest BCUT2D eigenvalue weighted by molar-refractivity contribution is 5.75. The van der Waals surface area contributed by atoms with Gasteiger partial charge in [-0.3, -0.25) is 4.68 Å². The summed E-state index contributed by atoms with van der Waals surface area (Å²) in [6, 6.07) is 11.7. The largest absolute Gasteiger partial charge is 0.497 e. The van der Waals surface area contributed by atoms with E-state index >= 15 is 0 Å². The molecule has 5 rings (SSSR count). The molecule has 200 valence electrons. The van der Waals surface area contributed by atoms with Gasteiger partial charge in [0.2, 0.25) is 5.88 Å². The minimum absolute atomic E-state index is 0.182. The Labute approximate surface area is 222 Å². The van der Waals surface area contributed by atoms with E-state index in [1.807, 2.05) is 79.6 Å². The van der Waals surface area contributed by atoms with Gasteiger partial charge >= 0.3 is 6.09 Å². The lowest BCUT2D eigenvalue weighted by Crippen LogP contribution is -2.41. The van der Waals surface area contributed by atoms with Crippen LogP contribution in [0, 0.1) is 0 Å². The lowest BCUT2D eigenvalue weighted by molar-refractivity contribution is 0.0203. The molecule has 1 fully saturated rings. The Morgan fingerprint density at radius 2 is 1.82 bits per heavy atom. The monoisotopic (exact) mass is 518 g/mol. The van der Waals surface area contributed by atoms with Crippen LogP contribution in [0.1, 0.15) is 50.8 Å². The first-order valence-electron chi connectivity index (χ1n) is 12.8. The maximum Gasteiger partial charge on any atom is 0.410 e. The molecule has 0 saturated carbocycles. The molecule has 0 unspecified atom stereocenters. The van der Waals surface area contributed by atoms with Crippen molar-refractivity contribution in [1.82, 2.24) is 29.3 Å². The third kappa shape index (κ3) is 5.44. The number of aryl methyl sites for hydroxylation is 1. The first-order valence-corrected chi connectivity index (χ1v) is 12.8. The summed E-state index contributed by atoms with van der Waals surface area (Å²) in [7, 11) is 3.55. The van der Waals surface area contributed by atoms with Crippen molar-refractivity contribution in [2.45, 2.75) is 51.7 Å². The van der Waals surface area contributed by atoms with E-state index in [4.69, 9.17) is 24.3 Å². The number of ether oxygens (including phenoxy) is 3. The molecule has 1 saturated heterocycles. The first kappa shape index (κ1) is 25.6. The Bertz CT molecular complexity index is 1410.